The highest BCUT2D eigenvalue weighted by molar-refractivity contribution is 7.98. The van der Waals surface area contributed by atoms with Gasteiger partial charge in [-0.15, -0.1) is 21.5 Å². The molecule has 0 atom stereocenters. The van der Waals surface area contributed by atoms with Crippen molar-refractivity contribution in [1.29, 1.82) is 5.26 Å². The molecular formula is C16H12N8O2S2. The van der Waals surface area contributed by atoms with Crippen molar-refractivity contribution in [1.82, 2.24) is 29.4 Å². The lowest BCUT2D eigenvalue weighted by Gasteiger charge is -2.07. The molecule has 4 heterocycles. The zero-order chi connectivity index (χ0) is 19.7. The van der Waals surface area contributed by atoms with Crippen LogP contribution in [-0.4, -0.2) is 35.3 Å². The van der Waals surface area contributed by atoms with Gasteiger partial charge in [0.15, 0.2) is 16.6 Å². The Morgan fingerprint density at radius 2 is 2.29 bits per heavy atom. The SMILES string of the molecule is N#Cc1c[nH]n2c(=O)cc(CSc3nnc(-c4cccs4)n3CC(N)=O)nc12. The molecule has 0 bridgehead atoms. The van der Waals surface area contributed by atoms with E-state index in [0.717, 1.165) is 4.88 Å². The molecule has 10 nitrogen and oxygen atoms in total. The second kappa shape index (κ2) is 7.29. The van der Waals surface area contributed by atoms with Gasteiger partial charge >= 0.3 is 0 Å². The van der Waals surface area contributed by atoms with Gasteiger partial charge in [-0.1, -0.05) is 17.8 Å². The van der Waals surface area contributed by atoms with Gasteiger partial charge in [0.05, 0.1) is 10.6 Å². The lowest BCUT2D eigenvalue weighted by molar-refractivity contribution is -0.118. The first kappa shape index (κ1) is 18.0. The lowest BCUT2D eigenvalue weighted by atomic mass is 10.3. The fraction of sp³-hybridized carbons (Fsp3) is 0.125. The summed E-state index contributed by atoms with van der Waals surface area (Å²) in [4.78, 5) is 28.9. The van der Waals surface area contributed by atoms with E-state index in [1.165, 1.54) is 39.9 Å². The number of aromatic nitrogens is 6. The van der Waals surface area contributed by atoms with Gasteiger partial charge in [-0.3, -0.25) is 19.3 Å². The van der Waals surface area contributed by atoms with E-state index in [4.69, 9.17) is 11.0 Å². The Morgan fingerprint density at radius 3 is 3.00 bits per heavy atom. The molecule has 28 heavy (non-hydrogen) atoms. The van der Waals surface area contributed by atoms with Crippen LogP contribution in [0, 0.1) is 11.3 Å². The minimum absolute atomic E-state index is 0.0614. The van der Waals surface area contributed by atoms with Gasteiger partial charge in [-0.2, -0.15) is 5.26 Å². The van der Waals surface area contributed by atoms with E-state index in [2.05, 4.69) is 20.3 Å². The van der Waals surface area contributed by atoms with E-state index in [9.17, 15) is 9.59 Å². The number of carbonyl (C=O) groups is 1. The van der Waals surface area contributed by atoms with E-state index in [1.54, 1.807) is 4.57 Å². The number of fused-ring (bicyclic) bond motifs is 1. The first-order valence-corrected chi connectivity index (χ1v) is 9.81. The van der Waals surface area contributed by atoms with Crippen molar-refractivity contribution in [2.24, 2.45) is 5.73 Å². The Labute approximate surface area is 165 Å². The fourth-order valence-corrected chi connectivity index (χ4v) is 4.15. The van der Waals surface area contributed by atoms with Crippen molar-refractivity contribution in [2.45, 2.75) is 17.5 Å². The van der Waals surface area contributed by atoms with Gasteiger partial charge in [0.25, 0.3) is 5.56 Å². The molecule has 0 aliphatic heterocycles. The van der Waals surface area contributed by atoms with Crippen molar-refractivity contribution >= 4 is 34.7 Å². The number of nitrogens with one attached hydrogen (secondary N) is 1. The molecule has 0 aliphatic rings. The van der Waals surface area contributed by atoms with Gasteiger partial charge in [-0.25, -0.2) is 9.50 Å². The number of rotatable bonds is 6. The third kappa shape index (κ3) is 3.28. The standard InChI is InChI=1S/C16H12N8O2S2/c17-5-9-6-19-24-13(26)4-10(20-14(9)24)8-28-16-22-21-15(11-2-1-3-27-11)23(16)7-12(18)25/h1-4,6,19H,7-8H2,(H2,18,25). The smallest absolute Gasteiger partial charge is 0.272 e. The summed E-state index contributed by atoms with van der Waals surface area (Å²) in [6.07, 6.45) is 1.43. The van der Waals surface area contributed by atoms with Crippen LogP contribution in [0.2, 0.25) is 0 Å². The molecule has 0 aliphatic carbocycles. The number of hydrogen-bond acceptors (Lipinski definition) is 8. The molecule has 4 aromatic heterocycles. The molecule has 0 saturated carbocycles. The van der Waals surface area contributed by atoms with Gasteiger partial charge in [-0.05, 0) is 11.4 Å². The van der Waals surface area contributed by atoms with Crippen molar-refractivity contribution in [2.75, 3.05) is 0 Å². The summed E-state index contributed by atoms with van der Waals surface area (Å²) in [5.41, 5.74) is 6.08. The summed E-state index contributed by atoms with van der Waals surface area (Å²) in [6, 6.07) is 7.14. The minimum Gasteiger partial charge on any atom is -0.368 e. The molecule has 0 fully saturated rings. The molecule has 0 unspecified atom stereocenters. The van der Waals surface area contributed by atoms with Crippen LogP contribution in [-0.2, 0) is 17.1 Å². The Hall–Kier alpha value is -3.43. The van der Waals surface area contributed by atoms with Crippen LogP contribution in [0.15, 0.2) is 39.7 Å². The van der Waals surface area contributed by atoms with E-state index in [0.29, 0.717) is 22.4 Å². The summed E-state index contributed by atoms with van der Waals surface area (Å²) >= 11 is 2.75. The van der Waals surface area contributed by atoms with E-state index in [-0.39, 0.29) is 23.3 Å². The van der Waals surface area contributed by atoms with Crippen molar-refractivity contribution in [3.8, 4) is 16.8 Å². The number of hydrogen-bond donors (Lipinski definition) is 2. The Bertz CT molecular complexity index is 1260. The summed E-state index contributed by atoms with van der Waals surface area (Å²) in [5, 5.41) is 22.5. The van der Waals surface area contributed by atoms with Gasteiger partial charge in [0, 0.05) is 18.0 Å². The number of nitrogens with two attached hydrogens (primary N) is 1. The highest BCUT2D eigenvalue weighted by Crippen LogP contribution is 2.28. The lowest BCUT2D eigenvalue weighted by Crippen LogP contribution is -2.20. The Morgan fingerprint density at radius 1 is 1.43 bits per heavy atom. The fourth-order valence-electron chi connectivity index (χ4n) is 2.61. The number of primary amides is 1. The van der Waals surface area contributed by atoms with Crippen LogP contribution in [0.4, 0.5) is 0 Å². The predicted octanol–water partition coefficient (Wildman–Crippen LogP) is 0.992. The van der Waals surface area contributed by atoms with Crippen LogP contribution in [0.1, 0.15) is 11.3 Å². The maximum absolute atomic E-state index is 12.2. The maximum atomic E-state index is 12.2. The van der Waals surface area contributed by atoms with Crippen LogP contribution in [0.25, 0.3) is 16.3 Å². The second-order valence-corrected chi connectivity index (χ2v) is 7.56. The van der Waals surface area contributed by atoms with Crippen LogP contribution < -0.4 is 11.3 Å². The topological polar surface area (TPSA) is 148 Å². The molecule has 140 valence electrons. The van der Waals surface area contributed by atoms with Gasteiger partial charge in [0.2, 0.25) is 5.91 Å². The second-order valence-electron chi connectivity index (χ2n) is 5.67. The number of amides is 1. The first-order chi connectivity index (χ1) is 13.6. The third-order valence-corrected chi connectivity index (χ3v) is 5.66. The number of carbonyl (C=O) groups excluding carboxylic acids is 1. The molecule has 0 aromatic carbocycles. The number of thioether (sulfide) groups is 1. The molecule has 4 rings (SSSR count). The molecule has 12 heteroatoms. The molecular weight excluding hydrogens is 400 g/mol. The quantitative estimate of drug-likeness (QED) is 0.449. The molecule has 0 saturated heterocycles. The number of H-pyrrole nitrogens is 1. The van der Waals surface area contributed by atoms with Crippen molar-refractivity contribution in [3.05, 3.63) is 51.4 Å². The molecule has 4 aromatic rings. The van der Waals surface area contributed by atoms with E-state index >= 15 is 0 Å². The molecule has 3 N–H and O–H groups in total. The Balaban J connectivity index is 1.65. The minimum atomic E-state index is -0.511. The maximum Gasteiger partial charge on any atom is 0.272 e. The number of nitrogens with zero attached hydrogens (tertiary/aromatic N) is 6. The van der Waals surface area contributed by atoms with Crippen molar-refractivity contribution in [3.63, 3.8) is 0 Å². The summed E-state index contributed by atoms with van der Waals surface area (Å²) < 4.78 is 2.85. The average Bonchev–Trinajstić information content (AvgIpc) is 3.39. The zero-order valence-electron chi connectivity index (χ0n) is 14.2. The number of thiophene rings is 1. The van der Waals surface area contributed by atoms with Gasteiger partial charge < -0.3 is 5.73 Å². The highest BCUT2D eigenvalue weighted by Gasteiger charge is 2.17. The normalized spacial score (nSPS) is 11.0. The van der Waals surface area contributed by atoms with Crippen LogP contribution in [0.3, 0.4) is 0 Å². The molecule has 0 radical (unpaired) electrons. The predicted molar refractivity (Wildman–Crippen MR) is 103 cm³/mol. The zero-order valence-corrected chi connectivity index (χ0v) is 15.8. The first-order valence-electron chi connectivity index (χ1n) is 7.95. The molecule has 0 spiro atoms. The number of aromatic amines is 1. The summed E-state index contributed by atoms with van der Waals surface area (Å²) in [7, 11) is 0. The largest absolute Gasteiger partial charge is 0.368 e. The average molecular weight is 412 g/mol. The van der Waals surface area contributed by atoms with E-state index < -0.39 is 5.91 Å². The third-order valence-electron chi connectivity index (χ3n) is 3.79. The summed E-state index contributed by atoms with van der Waals surface area (Å²) in [5.74, 6) is 0.351. The van der Waals surface area contributed by atoms with Gasteiger partial charge in [0.1, 0.15) is 18.2 Å². The monoisotopic (exact) mass is 412 g/mol. The summed E-state index contributed by atoms with van der Waals surface area (Å²) in [6.45, 7) is -0.0614. The van der Waals surface area contributed by atoms with Crippen LogP contribution >= 0.6 is 23.1 Å². The molecule has 1 amide bonds. The number of nitriles is 1. The van der Waals surface area contributed by atoms with Crippen LogP contribution in [0.5, 0.6) is 0 Å². The Kier molecular flexibility index (Phi) is 4.68. The van der Waals surface area contributed by atoms with Crippen molar-refractivity contribution < 1.29 is 4.79 Å². The van der Waals surface area contributed by atoms with E-state index in [1.807, 2.05) is 23.6 Å². The highest BCUT2D eigenvalue weighted by atomic mass is 32.2.